The van der Waals surface area contributed by atoms with Crippen LogP contribution in [0, 0.1) is 5.92 Å². The number of halogens is 2. The minimum Gasteiger partial charge on any atom is -0.385 e. The summed E-state index contributed by atoms with van der Waals surface area (Å²) < 4.78 is 43.9. The lowest BCUT2D eigenvalue weighted by molar-refractivity contribution is -0.139. The van der Waals surface area contributed by atoms with Crippen molar-refractivity contribution < 1.29 is 42.5 Å². The Labute approximate surface area is 374 Å². The number of carbonyl (C=O) groups is 4. The van der Waals surface area contributed by atoms with Gasteiger partial charge in [-0.15, -0.1) is 0 Å². The number of anilines is 3. The van der Waals surface area contributed by atoms with E-state index in [1.54, 1.807) is 23.0 Å². The fourth-order valence-corrected chi connectivity index (χ4v) is 10.7. The molecule has 10 rings (SSSR count). The maximum absolute atomic E-state index is 14.3. The third kappa shape index (κ3) is 8.68. The molecule has 2 bridgehead atoms. The number of imide groups is 1. The van der Waals surface area contributed by atoms with Gasteiger partial charge in [-0.3, -0.25) is 34.1 Å². The lowest BCUT2D eigenvalue weighted by Gasteiger charge is -2.37. The molecule has 4 N–H and O–H groups in total. The molecular weight excluding hydrogens is 845 g/mol. The first kappa shape index (κ1) is 43.3. The molecule has 4 saturated heterocycles. The smallest absolute Gasteiger partial charge is 0.284 e. The van der Waals surface area contributed by atoms with E-state index in [0.29, 0.717) is 48.0 Å². The van der Waals surface area contributed by atoms with Crippen molar-refractivity contribution in [3.8, 4) is 0 Å². The summed E-state index contributed by atoms with van der Waals surface area (Å²) in [5.74, 6) is -0.762. The molecule has 8 heterocycles. The molecule has 6 aliphatic rings. The maximum Gasteiger partial charge on any atom is 0.284 e. The molecule has 0 spiro atoms. The molecule has 5 atom stereocenters. The number of aliphatic hydroxyl groups is 1. The monoisotopic (exact) mass is 899 g/mol. The number of benzene rings is 1. The topological polar surface area (TPSA) is 201 Å². The van der Waals surface area contributed by atoms with Gasteiger partial charge in [0.15, 0.2) is 17.6 Å². The predicted molar refractivity (Wildman–Crippen MR) is 231 cm³/mol. The minimum atomic E-state index is -2.87. The van der Waals surface area contributed by atoms with Gasteiger partial charge in [-0.25, -0.2) is 18.3 Å². The van der Waals surface area contributed by atoms with Gasteiger partial charge >= 0.3 is 0 Å². The Morgan fingerprint density at radius 3 is 2.60 bits per heavy atom. The Hall–Kier alpha value is -5.57. The number of aromatic nitrogens is 5. The maximum atomic E-state index is 14.3. The van der Waals surface area contributed by atoms with Crippen LogP contribution in [-0.2, 0) is 19.1 Å². The molecule has 5 aliphatic heterocycles. The predicted octanol–water partition coefficient (Wildman–Crippen LogP) is 4.45. The minimum absolute atomic E-state index is 0.00993. The third-order valence-electron chi connectivity index (χ3n) is 14.2. The van der Waals surface area contributed by atoms with Crippen molar-refractivity contribution in [2.75, 3.05) is 54.9 Å². The Morgan fingerprint density at radius 2 is 1.86 bits per heavy atom. The number of morpholine rings is 1. The van der Waals surface area contributed by atoms with Crippen LogP contribution in [0.3, 0.4) is 0 Å². The summed E-state index contributed by atoms with van der Waals surface area (Å²) in [6.07, 6.45) is 8.06. The van der Waals surface area contributed by atoms with Gasteiger partial charge in [-0.1, -0.05) is 6.07 Å². The van der Waals surface area contributed by atoms with E-state index in [4.69, 9.17) is 14.5 Å². The number of hydrogen-bond donors (Lipinski definition) is 4. The molecular formula is C45H55F2N11O7. The van der Waals surface area contributed by atoms with Gasteiger partial charge in [0.05, 0.1) is 48.9 Å². The zero-order valence-electron chi connectivity index (χ0n) is 36.3. The van der Waals surface area contributed by atoms with E-state index in [1.165, 1.54) is 21.8 Å². The largest absolute Gasteiger partial charge is 0.385 e. The SMILES string of the molecule is C[C@@H](CCNc1cccc2c1C(O)N(C1CCC(=O)NC1=O)C2=O)OC1CCN(CC2CCC(n3cc(NC(=O)c4cnn5ccc(N6C[C@H]7C[C@@H]6CO7)nc45)c(C(F)F)n3)CC2)CC1. The van der Waals surface area contributed by atoms with Gasteiger partial charge in [0.25, 0.3) is 18.2 Å². The van der Waals surface area contributed by atoms with Crippen molar-refractivity contribution in [2.24, 2.45) is 5.92 Å². The van der Waals surface area contributed by atoms with Gasteiger partial charge < -0.3 is 35.0 Å². The summed E-state index contributed by atoms with van der Waals surface area (Å²) in [6.45, 7) is 6.81. The average Bonchev–Trinajstić information content (AvgIpc) is 4.15. The van der Waals surface area contributed by atoms with Crippen molar-refractivity contribution >= 4 is 46.5 Å². The van der Waals surface area contributed by atoms with Crippen LogP contribution in [0.15, 0.2) is 42.9 Å². The van der Waals surface area contributed by atoms with Gasteiger partial charge in [0.1, 0.15) is 17.4 Å². The first-order chi connectivity index (χ1) is 31.5. The Bertz CT molecular complexity index is 2450. The van der Waals surface area contributed by atoms with Crippen LogP contribution in [-0.4, -0.2) is 133 Å². The van der Waals surface area contributed by atoms with Crippen LogP contribution in [0.4, 0.5) is 26.0 Å². The average molecular weight is 900 g/mol. The summed E-state index contributed by atoms with van der Waals surface area (Å²) in [4.78, 5) is 61.6. The number of carbonyl (C=O) groups excluding carboxylic acids is 4. The van der Waals surface area contributed by atoms with Crippen LogP contribution in [0.25, 0.3) is 5.65 Å². The summed E-state index contributed by atoms with van der Waals surface area (Å²) in [7, 11) is 0. The molecule has 1 aliphatic carbocycles. The molecule has 3 aromatic heterocycles. The molecule has 4 aromatic rings. The highest BCUT2D eigenvalue weighted by molar-refractivity contribution is 6.08. The highest BCUT2D eigenvalue weighted by Gasteiger charge is 2.45. The summed E-state index contributed by atoms with van der Waals surface area (Å²) in [5.41, 5.74) is 1.47. The number of ether oxygens (including phenoxy) is 2. The number of alkyl halides is 2. The number of nitrogens with zero attached hydrogens (tertiary/aromatic N) is 8. The molecule has 0 radical (unpaired) electrons. The van der Waals surface area contributed by atoms with Crippen molar-refractivity contribution in [3.63, 3.8) is 0 Å². The third-order valence-corrected chi connectivity index (χ3v) is 14.2. The second-order valence-corrected chi connectivity index (χ2v) is 18.4. The normalized spacial score (nSPS) is 26.6. The first-order valence-corrected chi connectivity index (χ1v) is 23.0. The fraction of sp³-hybridized carbons (Fsp3) is 0.578. The number of likely N-dealkylation sites (tertiary alicyclic amines) is 1. The molecule has 346 valence electrons. The van der Waals surface area contributed by atoms with Gasteiger partial charge in [0.2, 0.25) is 11.8 Å². The Kier molecular flexibility index (Phi) is 12.0. The number of fused-ring (bicyclic) bond motifs is 4. The fourth-order valence-electron chi connectivity index (χ4n) is 10.7. The molecule has 5 fully saturated rings. The number of amides is 4. The van der Waals surface area contributed by atoms with Crippen LogP contribution < -0.4 is 20.9 Å². The lowest BCUT2D eigenvalue weighted by Crippen LogP contribution is -2.53. The Balaban J connectivity index is 0.666. The molecule has 18 nitrogen and oxygen atoms in total. The Morgan fingerprint density at radius 1 is 1.05 bits per heavy atom. The molecule has 1 saturated carbocycles. The summed E-state index contributed by atoms with van der Waals surface area (Å²) in [6, 6.07) is 6.33. The van der Waals surface area contributed by atoms with Crippen LogP contribution >= 0.6 is 0 Å². The van der Waals surface area contributed by atoms with Crippen LogP contribution in [0.2, 0.25) is 0 Å². The highest BCUT2D eigenvalue weighted by Crippen LogP contribution is 2.40. The van der Waals surface area contributed by atoms with Gasteiger partial charge in [-0.05, 0) is 88.8 Å². The van der Waals surface area contributed by atoms with Crippen molar-refractivity contribution in [3.05, 3.63) is 65.2 Å². The zero-order chi connectivity index (χ0) is 44.9. The van der Waals surface area contributed by atoms with Gasteiger partial charge in [0, 0.05) is 68.4 Å². The van der Waals surface area contributed by atoms with E-state index < -0.39 is 42.1 Å². The van der Waals surface area contributed by atoms with E-state index in [1.807, 2.05) is 12.1 Å². The van der Waals surface area contributed by atoms with Crippen molar-refractivity contribution in [1.82, 2.24) is 39.5 Å². The van der Waals surface area contributed by atoms with Gasteiger partial charge in [-0.2, -0.15) is 10.2 Å². The number of aliphatic hydroxyl groups excluding tert-OH is 1. The zero-order valence-corrected chi connectivity index (χ0v) is 36.3. The van der Waals surface area contributed by atoms with E-state index in [9.17, 15) is 33.1 Å². The molecule has 2 unspecified atom stereocenters. The first-order valence-electron chi connectivity index (χ1n) is 23.0. The highest BCUT2D eigenvalue weighted by atomic mass is 19.3. The summed E-state index contributed by atoms with van der Waals surface area (Å²) in [5, 5.41) is 28.1. The van der Waals surface area contributed by atoms with E-state index in [2.05, 4.69) is 42.9 Å². The summed E-state index contributed by atoms with van der Waals surface area (Å²) >= 11 is 0. The molecule has 4 amide bonds. The number of rotatable bonds is 14. The van der Waals surface area contributed by atoms with Crippen molar-refractivity contribution in [2.45, 2.75) is 120 Å². The van der Waals surface area contributed by atoms with E-state index in [0.717, 1.165) is 76.9 Å². The molecule has 20 heteroatoms. The molecule has 1 aromatic carbocycles. The standard InChI is InChI=1S/C45H55F2N11O7/c1-25(11-15-48-33-4-2-3-31-38(33)45(63)58(44(31)62)35-9-10-37(59)52-43(35)61)65-29-12-16-54(17-13-29)21-26-5-7-27(8-6-26)57-23-34(39(53-57)40(46)47)50-42(60)32-20-49-56-18-14-36(51-41(32)56)55-22-30-19-28(55)24-64-30/h2-4,14,18,20,23,25-30,35,40,45,48,63H,5-13,15-17,19,21-22,24H2,1H3,(H,50,60)(H,52,59,61)/t25-,26?,27?,28+,30+,35?,45?/m0/s1. The second kappa shape index (κ2) is 18.0. The number of piperidine rings is 2. The molecule has 65 heavy (non-hydrogen) atoms. The van der Waals surface area contributed by atoms with Crippen molar-refractivity contribution in [1.29, 1.82) is 0 Å². The van der Waals surface area contributed by atoms with Crippen LogP contribution in [0.5, 0.6) is 0 Å². The second-order valence-electron chi connectivity index (χ2n) is 18.4. The van der Waals surface area contributed by atoms with E-state index >= 15 is 0 Å². The van der Waals surface area contributed by atoms with E-state index in [-0.39, 0.29) is 60.4 Å². The lowest BCUT2D eigenvalue weighted by atomic mass is 9.85. The number of hydrogen-bond acceptors (Lipinski definition) is 13. The van der Waals surface area contributed by atoms with Crippen LogP contribution in [0.1, 0.15) is 122 Å². The number of nitrogens with one attached hydrogen (secondary N) is 3. The quantitative estimate of drug-likeness (QED) is 0.130.